The maximum Gasteiger partial charge on any atom is 4.00 e. The van der Waals surface area contributed by atoms with E-state index in [9.17, 15) is 0 Å². The number of benzene rings is 3. The van der Waals surface area contributed by atoms with Gasteiger partial charge in [0.15, 0.2) is 0 Å². The topological polar surface area (TPSA) is 0 Å². The van der Waals surface area contributed by atoms with Crippen LogP contribution in [0.1, 0.15) is 51.5 Å². The molecule has 0 aliphatic heterocycles. The van der Waals surface area contributed by atoms with Gasteiger partial charge in [-0.2, -0.15) is 11.6 Å². The smallest absolute Gasteiger partial charge is 1.00 e. The van der Waals surface area contributed by atoms with Gasteiger partial charge < -0.3 is 24.8 Å². The van der Waals surface area contributed by atoms with E-state index < -0.39 is 0 Å². The zero-order valence-electron chi connectivity index (χ0n) is 21.0. The second-order valence-corrected chi connectivity index (χ2v) is 7.60. The van der Waals surface area contributed by atoms with Crippen LogP contribution in [-0.4, -0.2) is 10.2 Å². The summed E-state index contributed by atoms with van der Waals surface area (Å²) < 4.78 is 0. The third-order valence-electron chi connectivity index (χ3n) is 5.28. The van der Waals surface area contributed by atoms with Crippen molar-refractivity contribution < 1.29 is 51.0 Å². The molecule has 0 unspecified atom stereocenters. The fourth-order valence-corrected chi connectivity index (χ4v) is 3.63. The molecule has 4 aromatic rings. The van der Waals surface area contributed by atoms with Crippen molar-refractivity contribution in [3.63, 3.8) is 0 Å². The van der Waals surface area contributed by atoms with Gasteiger partial charge in [-0.05, 0) is 0 Å². The van der Waals surface area contributed by atoms with E-state index in [1.54, 1.807) is 6.55 Å². The molecule has 0 heterocycles. The Kier molecular flexibility index (Phi) is 22.5. The Morgan fingerprint density at radius 1 is 0.714 bits per heavy atom. The Balaban J connectivity index is 0. The standard InChI is InChI=1S/C13H9.C11H9.C6H14.CH3Si.2ClH.Zr/c1-3-7-12-10(5-1)9-11-6-2-4-8-13(11)12;1-2-6-10(7-3-1)11-8-4-5-9-11;1-3-5-6-4-2;1-2;;;/h1-9H;1-3,6-9H,4H2;3-6H2,1-2H3;1H3;2*1H;/q2*-1;;;;;+4/p-2. The third kappa shape index (κ3) is 12.0. The third-order valence-corrected chi connectivity index (χ3v) is 5.28. The Morgan fingerprint density at radius 2 is 1.17 bits per heavy atom. The molecule has 181 valence electrons. The number of rotatable bonds is 4. The predicted molar refractivity (Wildman–Crippen MR) is 145 cm³/mol. The molecule has 1 aliphatic carbocycles. The molecule has 4 heteroatoms. The molecule has 0 N–H and O–H groups in total. The molecule has 1 aliphatic rings. The van der Waals surface area contributed by atoms with Gasteiger partial charge in [-0.3, -0.25) is 6.08 Å². The molecule has 0 fully saturated rings. The quantitative estimate of drug-likeness (QED) is 0.192. The van der Waals surface area contributed by atoms with Gasteiger partial charge in [0.1, 0.15) is 0 Å². The van der Waals surface area contributed by atoms with Crippen molar-refractivity contribution in [2.24, 2.45) is 0 Å². The Bertz CT molecular complexity index is 1050. The van der Waals surface area contributed by atoms with Crippen molar-refractivity contribution in [2.75, 3.05) is 0 Å². The van der Waals surface area contributed by atoms with E-state index in [2.05, 4.69) is 121 Å². The van der Waals surface area contributed by atoms with Gasteiger partial charge in [0.2, 0.25) is 0 Å². The summed E-state index contributed by atoms with van der Waals surface area (Å²) in [7, 11) is 2.97. The van der Waals surface area contributed by atoms with Gasteiger partial charge in [-0.1, -0.05) is 113 Å². The largest absolute Gasteiger partial charge is 4.00 e. The van der Waals surface area contributed by atoms with E-state index >= 15 is 0 Å². The summed E-state index contributed by atoms with van der Waals surface area (Å²) in [4.78, 5) is 0. The molecule has 0 amide bonds. The normalized spacial score (nSPS) is 10.6. The van der Waals surface area contributed by atoms with Crippen molar-refractivity contribution in [3.05, 3.63) is 109 Å². The summed E-state index contributed by atoms with van der Waals surface area (Å²) in [5.41, 5.74) is 2.59. The number of allylic oxidation sites excluding steroid dienone is 4. The SMILES string of the molecule is CCCCCC.C[Si].[C-]1=CC(c2ccccc2)=CC1.[Cl-].[Cl-].[Zr+4].c1ccc2c(c1)[cH-]c1ccccc12. The zero-order chi connectivity index (χ0) is 23.0. The minimum Gasteiger partial charge on any atom is -1.00 e. The molecule has 0 saturated heterocycles. The second kappa shape index (κ2) is 21.9. The van der Waals surface area contributed by atoms with Gasteiger partial charge in [-0.15, -0.1) is 51.7 Å². The first-order chi connectivity index (χ1) is 15.8. The van der Waals surface area contributed by atoms with E-state index in [0.717, 1.165) is 6.42 Å². The molecule has 0 bridgehead atoms. The van der Waals surface area contributed by atoms with E-state index in [1.165, 1.54) is 58.4 Å². The first kappa shape index (κ1) is 35.8. The van der Waals surface area contributed by atoms with Crippen LogP contribution in [0.15, 0.2) is 97.1 Å². The van der Waals surface area contributed by atoms with Gasteiger partial charge >= 0.3 is 26.2 Å². The van der Waals surface area contributed by atoms with Crippen LogP contribution in [0, 0.1) is 6.08 Å². The molecule has 0 spiro atoms. The van der Waals surface area contributed by atoms with Crippen LogP contribution in [0.25, 0.3) is 27.1 Å². The molecular weight excluding hydrogens is 563 g/mol. The average molecular weight is 598 g/mol. The first-order valence-electron chi connectivity index (χ1n) is 11.7. The number of fused-ring (bicyclic) bond motifs is 3. The monoisotopic (exact) mass is 595 g/mol. The fraction of sp³-hybridized carbons (Fsp3) is 0.258. The minimum atomic E-state index is 0. The first-order valence-corrected chi connectivity index (χ1v) is 12.7. The molecule has 35 heavy (non-hydrogen) atoms. The van der Waals surface area contributed by atoms with Crippen LogP contribution < -0.4 is 24.8 Å². The zero-order valence-corrected chi connectivity index (χ0v) is 26.0. The van der Waals surface area contributed by atoms with Crippen LogP contribution in [0.3, 0.4) is 0 Å². The molecule has 0 saturated carbocycles. The molecule has 0 atom stereocenters. The summed E-state index contributed by atoms with van der Waals surface area (Å²) >= 11 is 0. The van der Waals surface area contributed by atoms with Gasteiger partial charge in [0.05, 0.1) is 0 Å². The van der Waals surface area contributed by atoms with E-state index in [-0.39, 0.29) is 51.0 Å². The van der Waals surface area contributed by atoms with Gasteiger partial charge in [0, 0.05) is 10.2 Å². The summed E-state index contributed by atoms with van der Waals surface area (Å²) in [5.74, 6) is 0. The number of unbranched alkanes of at least 4 members (excludes halogenated alkanes) is 3. The number of hydrogen-bond donors (Lipinski definition) is 0. The van der Waals surface area contributed by atoms with Crippen LogP contribution in [0.5, 0.6) is 0 Å². The van der Waals surface area contributed by atoms with Crippen LogP contribution in [0.2, 0.25) is 6.55 Å². The Morgan fingerprint density at radius 3 is 1.60 bits per heavy atom. The van der Waals surface area contributed by atoms with Crippen molar-refractivity contribution in [1.82, 2.24) is 0 Å². The minimum absolute atomic E-state index is 0. The van der Waals surface area contributed by atoms with Crippen molar-refractivity contribution in [3.8, 4) is 0 Å². The van der Waals surface area contributed by atoms with E-state index in [1.807, 2.05) is 6.07 Å². The summed E-state index contributed by atoms with van der Waals surface area (Å²) in [6, 6.07) is 29.7. The summed E-state index contributed by atoms with van der Waals surface area (Å²) in [6.07, 6.45) is 13.9. The van der Waals surface area contributed by atoms with Crippen molar-refractivity contribution >= 4 is 37.4 Å². The summed E-state index contributed by atoms with van der Waals surface area (Å²) in [6.45, 7) is 6.27. The molecule has 0 nitrogen and oxygen atoms in total. The summed E-state index contributed by atoms with van der Waals surface area (Å²) in [5, 5.41) is 5.39. The molecule has 3 radical (unpaired) electrons. The van der Waals surface area contributed by atoms with E-state index in [0.29, 0.717) is 0 Å². The Labute approximate surface area is 248 Å². The van der Waals surface area contributed by atoms with Crippen LogP contribution in [-0.2, 0) is 26.2 Å². The predicted octanol–water partition coefficient (Wildman–Crippen LogP) is 3.34. The number of hydrogen-bond acceptors (Lipinski definition) is 0. The van der Waals surface area contributed by atoms with Crippen molar-refractivity contribution in [2.45, 2.75) is 52.5 Å². The van der Waals surface area contributed by atoms with Gasteiger partial charge in [-0.25, -0.2) is 6.08 Å². The molecule has 5 rings (SSSR count). The van der Waals surface area contributed by atoms with Gasteiger partial charge in [0.25, 0.3) is 0 Å². The number of halogens is 2. The van der Waals surface area contributed by atoms with E-state index in [4.69, 9.17) is 0 Å². The molecule has 0 aromatic heterocycles. The average Bonchev–Trinajstić information content (AvgIpc) is 3.54. The van der Waals surface area contributed by atoms with Crippen LogP contribution >= 0.6 is 0 Å². The fourth-order valence-electron chi connectivity index (χ4n) is 3.63. The van der Waals surface area contributed by atoms with Crippen molar-refractivity contribution in [1.29, 1.82) is 0 Å². The maximum atomic E-state index is 3.15. The molecule has 4 aromatic carbocycles. The second-order valence-electron chi connectivity index (χ2n) is 7.60. The van der Waals surface area contributed by atoms with Crippen LogP contribution in [0.4, 0.5) is 0 Å². The Hall–Kier alpha value is -1.31. The molecular formula is C31H35Cl2SiZr. The maximum absolute atomic E-state index is 3.15.